The summed E-state index contributed by atoms with van der Waals surface area (Å²) in [6.45, 7) is 2.03. The van der Waals surface area contributed by atoms with Crippen LogP contribution in [0.5, 0.6) is 11.5 Å². The predicted octanol–water partition coefficient (Wildman–Crippen LogP) is 3.96. The Hall–Kier alpha value is -2.20. The van der Waals surface area contributed by atoms with Crippen LogP contribution in [0.4, 0.5) is 0 Å². The number of aryl methyl sites for hydroxylation is 1. The van der Waals surface area contributed by atoms with Crippen LogP contribution >= 0.6 is 0 Å². The summed E-state index contributed by atoms with van der Waals surface area (Å²) in [6, 6.07) is 15.8. The molecule has 17 heavy (non-hydrogen) atoms. The summed E-state index contributed by atoms with van der Waals surface area (Å²) in [5, 5.41) is 0. The van der Waals surface area contributed by atoms with Crippen molar-refractivity contribution < 1.29 is 4.74 Å². The van der Waals surface area contributed by atoms with Crippen molar-refractivity contribution in [3.8, 4) is 23.8 Å². The molecule has 0 aliphatic carbocycles. The van der Waals surface area contributed by atoms with Gasteiger partial charge < -0.3 is 4.74 Å². The van der Waals surface area contributed by atoms with Crippen molar-refractivity contribution in [1.29, 1.82) is 0 Å². The molecule has 0 saturated heterocycles. The minimum absolute atomic E-state index is 0.630. The van der Waals surface area contributed by atoms with Crippen molar-refractivity contribution in [2.45, 2.75) is 13.3 Å². The molecule has 2 rings (SSSR count). The van der Waals surface area contributed by atoms with E-state index in [-0.39, 0.29) is 0 Å². The third-order valence-corrected chi connectivity index (χ3v) is 2.53. The average Bonchev–Trinajstić information content (AvgIpc) is 2.35. The molecule has 0 aliphatic heterocycles. The smallest absolute Gasteiger partial charge is 0.130 e. The molecule has 0 atom stereocenters. The Labute approximate surface area is 102 Å². The molecule has 2 aromatic carbocycles. The summed E-state index contributed by atoms with van der Waals surface area (Å²) in [7, 11) is 0. The fourth-order valence-electron chi connectivity index (χ4n) is 1.60. The molecular weight excluding hydrogens is 208 g/mol. The van der Waals surface area contributed by atoms with Crippen molar-refractivity contribution in [2.75, 3.05) is 0 Å². The average molecular weight is 222 g/mol. The molecule has 84 valence electrons. The third-order valence-electron chi connectivity index (χ3n) is 2.53. The number of terminal acetylenes is 1. The highest BCUT2D eigenvalue weighted by Gasteiger charge is 2.02. The van der Waals surface area contributed by atoms with Crippen LogP contribution in [0, 0.1) is 19.3 Å². The van der Waals surface area contributed by atoms with Crippen LogP contribution in [-0.4, -0.2) is 0 Å². The van der Waals surface area contributed by atoms with E-state index in [2.05, 4.69) is 5.92 Å². The van der Waals surface area contributed by atoms with Gasteiger partial charge in [-0.3, -0.25) is 0 Å². The number of rotatable bonds is 3. The Bertz CT molecular complexity index is 535. The molecule has 0 heterocycles. The summed E-state index contributed by atoms with van der Waals surface area (Å²) in [5.41, 5.74) is 2.21. The maximum absolute atomic E-state index is 5.83. The van der Waals surface area contributed by atoms with Crippen molar-refractivity contribution in [2.24, 2.45) is 0 Å². The van der Waals surface area contributed by atoms with E-state index in [1.807, 2.05) is 55.5 Å². The Kier molecular flexibility index (Phi) is 3.47. The van der Waals surface area contributed by atoms with E-state index in [4.69, 9.17) is 11.2 Å². The maximum atomic E-state index is 5.83. The summed E-state index contributed by atoms with van der Waals surface area (Å²) in [6.07, 6.45) is 5.94. The minimum Gasteiger partial charge on any atom is -0.457 e. The zero-order chi connectivity index (χ0) is 12.1. The molecule has 0 fully saturated rings. The van der Waals surface area contributed by atoms with E-state index in [0.29, 0.717) is 6.42 Å². The van der Waals surface area contributed by atoms with Crippen LogP contribution in [0.25, 0.3) is 0 Å². The first-order chi connectivity index (χ1) is 8.29. The van der Waals surface area contributed by atoms with Crippen LogP contribution in [0.2, 0.25) is 0 Å². The minimum atomic E-state index is 0.630. The zero-order valence-corrected chi connectivity index (χ0v) is 9.81. The van der Waals surface area contributed by atoms with E-state index < -0.39 is 0 Å². The number of hydrogen-bond acceptors (Lipinski definition) is 1. The summed E-state index contributed by atoms with van der Waals surface area (Å²) in [5.74, 6) is 4.34. The number of benzene rings is 2. The molecule has 0 spiro atoms. The molecular formula is C16H14O. The Morgan fingerprint density at radius 3 is 2.59 bits per heavy atom. The van der Waals surface area contributed by atoms with Gasteiger partial charge in [-0.2, -0.15) is 0 Å². The SMILES string of the molecule is C#CCc1ccc(C)c(Oc2ccccc2)c1. The van der Waals surface area contributed by atoms with Crippen LogP contribution in [0.15, 0.2) is 48.5 Å². The van der Waals surface area contributed by atoms with Crippen LogP contribution in [0.3, 0.4) is 0 Å². The van der Waals surface area contributed by atoms with Gasteiger partial charge in [0.15, 0.2) is 0 Å². The van der Waals surface area contributed by atoms with Gasteiger partial charge >= 0.3 is 0 Å². The quantitative estimate of drug-likeness (QED) is 0.714. The van der Waals surface area contributed by atoms with E-state index in [9.17, 15) is 0 Å². The third kappa shape index (κ3) is 2.89. The van der Waals surface area contributed by atoms with Crippen molar-refractivity contribution >= 4 is 0 Å². The molecule has 0 aromatic heterocycles. The normalized spacial score (nSPS) is 9.65. The maximum Gasteiger partial charge on any atom is 0.130 e. The molecule has 0 bridgehead atoms. The number of para-hydroxylation sites is 1. The highest BCUT2D eigenvalue weighted by Crippen LogP contribution is 2.25. The van der Waals surface area contributed by atoms with Crippen molar-refractivity contribution in [3.05, 3.63) is 59.7 Å². The van der Waals surface area contributed by atoms with Gasteiger partial charge in [-0.25, -0.2) is 0 Å². The lowest BCUT2D eigenvalue weighted by molar-refractivity contribution is 0.478. The van der Waals surface area contributed by atoms with E-state index in [0.717, 1.165) is 22.6 Å². The lowest BCUT2D eigenvalue weighted by Crippen LogP contribution is -1.90. The number of ether oxygens (including phenoxy) is 1. The highest BCUT2D eigenvalue weighted by molar-refractivity contribution is 5.40. The molecule has 0 unspecified atom stereocenters. The van der Waals surface area contributed by atoms with Gasteiger partial charge in [0.25, 0.3) is 0 Å². The topological polar surface area (TPSA) is 9.23 Å². The first-order valence-electron chi connectivity index (χ1n) is 5.55. The van der Waals surface area contributed by atoms with Gasteiger partial charge in [-0.1, -0.05) is 30.3 Å². The molecule has 0 saturated carbocycles. The standard InChI is InChI=1S/C16H14O/c1-3-7-14-11-10-13(2)16(12-14)17-15-8-5-4-6-9-15/h1,4-6,8-12H,7H2,2H3. The van der Waals surface area contributed by atoms with Gasteiger partial charge in [0.1, 0.15) is 11.5 Å². The molecule has 0 aliphatic rings. The van der Waals surface area contributed by atoms with Crippen molar-refractivity contribution in [3.63, 3.8) is 0 Å². The lowest BCUT2D eigenvalue weighted by Gasteiger charge is -2.09. The zero-order valence-electron chi connectivity index (χ0n) is 9.81. The Morgan fingerprint density at radius 2 is 1.88 bits per heavy atom. The Morgan fingerprint density at radius 1 is 1.12 bits per heavy atom. The lowest BCUT2D eigenvalue weighted by atomic mass is 10.1. The summed E-state index contributed by atoms with van der Waals surface area (Å²) >= 11 is 0. The highest BCUT2D eigenvalue weighted by atomic mass is 16.5. The summed E-state index contributed by atoms with van der Waals surface area (Å²) in [4.78, 5) is 0. The first kappa shape index (κ1) is 11.3. The molecule has 0 amide bonds. The second-order valence-electron chi connectivity index (χ2n) is 3.90. The van der Waals surface area contributed by atoms with Gasteiger partial charge in [0, 0.05) is 6.42 Å². The second-order valence-corrected chi connectivity index (χ2v) is 3.90. The van der Waals surface area contributed by atoms with E-state index >= 15 is 0 Å². The number of hydrogen-bond donors (Lipinski definition) is 0. The molecule has 0 radical (unpaired) electrons. The van der Waals surface area contributed by atoms with Crippen LogP contribution < -0.4 is 4.74 Å². The monoisotopic (exact) mass is 222 g/mol. The first-order valence-corrected chi connectivity index (χ1v) is 5.55. The molecule has 1 nitrogen and oxygen atoms in total. The van der Waals surface area contributed by atoms with Gasteiger partial charge in [-0.05, 0) is 36.2 Å². The fourth-order valence-corrected chi connectivity index (χ4v) is 1.60. The second kappa shape index (κ2) is 5.23. The van der Waals surface area contributed by atoms with E-state index in [1.54, 1.807) is 0 Å². The fraction of sp³-hybridized carbons (Fsp3) is 0.125. The Balaban J connectivity index is 2.26. The van der Waals surface area contributed by atoms with Gasteiger partial charge in [-0.15, -0.1) is 12.3 Å². The molecule has 2 aromatic rings. The predicted molar refractivity (Wildman–Crippen MR) is 70.2 cm³/mol. The van der Waals surface area contributed by atoms with Crippen molar-refractivity contribution in [1.82, 2.24) is 0 Å². The van der Waals surface area contributed by atoms with Crippen LogP contribution in [0.1, 0.15) is 11.1 Å². The molecule has 0 N–H and O–H groups in total. The van der Waals surface area contributed by atoms with Gasteiger partial charge in [0.05, 0.1) is 0 Å². The largest absolute Gasteiger partial charge is 0.457 e. The molecule has 1 heteroatoms. The van der Waals surface area contributed by atoms with Crippen LogP contribution in [-0.2, 0) is 6.42 Å². The van der Waals surface area contributed by atoms with E-state index in [1.165, 1.54) is 0 Å². The summed E-state index contributed by atoms with van der Waals surface area (Å²) < 4.78 is 5.83. The van der Waals surface area contributed by atoms with Gasteiger partial charge in [0.2, 0.25) is 0 Å².